The number of amides is 1. The molecule has 1 amide bonds. The van der Waals surface area contributed by atoms with Gasteiger partial charge in [0.05, 0.1) is 6.54 Å². The lowest BCUT2D eigenvalue weighted by Gasteiger charge is -2.04. The lowest BCUT2D eigenvalue weighted by Crippen LogP contribution is -2.22. The maximum atomic E-state index is 12.1. The number of carbonyl (C=O) groups excluding carboxylic acids is 1. The summed E-state index contributed by atoms with van der Waals surface area (Å²) in [6, 6.07) is 18.4. The van der Waals surface area contributed by atoms with Crippen molar-refractivity contribution in [3.63, 3.8) is 0 Å². The van der Waals surface area contributed by atoms with Gasteiger partial charge in [0.25, 0.3) is 5.91 Å². The van der Waals surface area contributed by atoms with Crippen molar-refractivity contribution < 1.29 is 9.21 Å². The molecule has 116 valence electrons. The van der Waals surface area contributed by atoms with Crippen LogP contribution < -0.4 is 5.32 Å². The smallest absolute Gasteiger partial charge is 0.251 e. The lowest BCUT2D eigenvalue weighted by atomic mass is 10.2. The van der Waals surface area contributed by atoms with Gasteiger partial charge in [0.1, 0.15) is 11.5 Å². The number of nitrogens with one attached hydrogen (secondary N) is 1. The number of benzene rings is 2. The van der Waals surface area contributed by atoms with E-state index in [1.807, 2.05) is 48.5 Å². The Kier molecular flexibility index (Phi) is 4.84. The highest BCUT2D eigenvalue weighted by Gasteiger charge is 2.08. The molecule has 0 atom stereocenters. The molecule has 3 nitrogen and oxygen atoms in total. The van der Waals surface area contributed by atoms with Gasteiger partial charge in [0, 0.05) is 20.6 Å². The Morgan fingerprint density at radius 2 is 1.87 bits per heavy atom. The fraction of sp³-hybridized carbons (Fsp3) is 0.0556. The molecule has 1 N–H and O–H groups in total. The van der Waals surface area contributed by atoms with Crippen LogP contribution >= 0.6 is 27.5 Å². The van der Waals surface area contributed by atoms with Crippen molar-refractivity contribution in [3.8, 4) is 11.3 Å². The summed E-state index contributed by atoms with van der Waals surface area (Å²) in [6.45, 7) is 0.332. The second kappa shape index (κ2) is 7.02. The third-order valence-electron chi connectivity index (χ3n) is 3.30. The Bertz CT molecular complexity index is 827. The average Bonchev–Trinajstić information content (AvgIpc) is 3.02. The number of carbonyl (C=O) groups is 1. The number of halogens is 2. The summed E-state index contributed by atoms with van der Waals surface area (Å²) in [5, 5.41) is 3.52. The van der Waals surface area contributed by atoms with Crippen molar-refractivity contribution in [2.75, 3.05) is 0 Å². The van der Waals surface area contributed by atoms with Gasteiger partial charge in [-0.15, -0.1) is 0 Å². The third-order valence-corrected chi connectivity index (χ3v) is 4.05. The second-order valence-corrected chi connectivity index (χ2v) is 6.32. The van der Waals surface area contributed by atoms with E-state index >= 15 is 0 Å². The molecule has 3 aromatic rings. The molecule has 0 saturated carbocycles. The molecule has 3 rings (SSSR count). The molecule has 0 bridgehead atoms. The molecule has 0 fully saturated rings. The largest absolute Gasteiger partial charge is 0.459 e. The van der Waals surface area contributed by atoms with Crippen LogP contribution in [0.4, 0.5) is 0 Å². The Morgan fingerprint density at radius 3 is 2.61 bits per heavy atom. The first-order valence-electron chi connectivity index (χ1n) is 7.00. The zero-order chi connectivity index (χ0) is 16.2. The normalized spacial score (nSPS) is 10.5. The molecule has 0 aliphatic heterocycles. The highest BCUT2D eigenvalue weighted by atomic mass is 79.9. The number of furan rings is 1. The van der Waals surface area contributed by atoms with Gasteiger partial charge in [-0.2, -0.15) is 0 Å². The monoisotopic (exact) mass is 389 g/mol. The van der Waals surface area contributed by atoms with E-state index in [0.29, 0.717) is 22.9 Å². The number of rotatable bonds is 4. The molecule has 1 heterocycles. The van der Waals surface area contributed by atoms with Crippen LogP contribution in [0.25, 0.3) is 11.3 Å². The minimum Gasteiger partial charge on any atom is -0.459 e. The molecule has 0 aliphatic rings. The molecule has 0 saturated heterocycles. The van der Waals surface area contributed by atoms with Gasteiger partial charge in [-0.05, 0) is 54.6 Å². The van der Waals surface area contributed by atoms with Gasteiger partial charge in [-0.25, -0.2) is 0 Å². The van der Waals surface area contributed by atoms with Crippen LogP contribution in [-0.4, -0.2) is 5.91 Å². The highest BCUT2D eigenvalue weighted by molar-refractivity contribution is 9.10. The first kappa shape index (κ1) is 15.8. The quantitative estimate of drug-likeness (QED) is 0.657. The minimum atomic E-state index is -0.143. The van der Waals surface area contributed by atoms with Crippen LogP contribution in [-0.2, 0) is 6.54 Å². The van der Waals surface area contributed by atoms with Gasteiger partial charge >= 0.3 is 0 Å². The Hall–Kier alpha value is -2.04. The van der Waals surface area contributed by atoms with E-state index in [1.165, 1.54) is 0 Å². The maximum Gasteiger partial charge on any atom is 0.251 e. The Morgan fingerprint density at radius 1 is 1.09 bits per heavy atom. The summed E-state index contributed by atoms with van der Waals surface area (Å²) in [5.41, 5.74) is 1.54. The van der Waals surface area contributed by atoms with Crippen LogP contribution in [0.2, 0.25) is 5.02 Å². The molecule has 0 spiro atoms. The predicted octanol–water partition coefficient (Wildman–Crippen LogP) is 5.29. The zero-order valence-electron chi connectivity index (χ0n) is 12.1. The van der Waals surface area contributed by atoms with Gasteiger partial charge < -0.3 is 9.73 Å². The van der Waals surface area contributed by atoms with Crippen molar-refractivity contribution >= 4 is 33.4 Å². The predicted molar refractivity (Wildman–Crippen MR) is 94.5 cm³/mol. The van der Waals surface area contributed by atoms with Crippen LogP contribution in [0.1, 0.15) is 16.1 Å². The lowest BCUT2D eigenvalue weighted by molar-refractivity contribution is 0.0948. The van der Waals surface area contributed by atoms with Crippen LogP contribution in [0.15, 0.2) is 69.6 Å². The van der Waals surface area contributed by atoms with E-state index in [4.69, 9.17) is 16.0 Å². The fourth-order valence-electron chi connectivity index (χ4n) is 2.14. The maximum absolute atomic E-state index is 12.1. The fourth-order valence-corrected chi connectivity index (χ4v) is 2.67. The second-order valence-electron chi connectivity index (χ2n) is 4.97. The molecule has 0 unspecified atom stereocenters. The standard InChI is InChI=1S/C18H13BrClNO2/c19-14-3-1-2-13(10-14)18(22)21-11-16-8-9-17(23-16)12-4-6-15(20)7-5-12/h1-10H,11H2,(H,21,22). The van der Waals surface area contributed by atoms with Gasteiger partial charge in [0.15, 0.2) is 0 Å². The van der Waals surface area contributed by atoms with E-state index < -0.39 is 0 Å². The molecule has 23 heavy (non-hydrogen) atoms. The summed E-state index contributed by atoms with van der Waals surface area (Å²) in [5.74, 6) is 1.29. The van der Waals surface area contributed by atoms with E-state index in [1.54, 1.807) is 12.1 Å². The molecular formula is C18H13BrClNO2. The molecule has 1 aromatic heterocycles. The van der Waals surface area contributed by atoms with E-state index in [2.05, 4.69) is 21.2 Å². The van der Waals surface area contributed by atoms with Crippen LogP contribution in [0, 0.1) is 0 Å². The summed E-state index contributed by atoms with van der Waals surface area (Å²) in [4.78, 5) is 12.1. The van der Waals surface area contributed by atoms with Gasteiger partial charge in [-0.1, -0.05) is 33.6 Å². The van der Waals surface area contributed by atoms with E-state index in [-0.39, 0.29) is 5.91 Å². The Balaban J connectivity index is 1.65. The van der Waals surface area contributed by atoms with E-state index in [0.717, 1.165) is 15.8 Å². The zero-order valence-corrected chi connectivity index (χ0v) is 14.4. The summed E-state index contributed by atoms with van der Waals surface area (Å²) < 4.78 is 6.62. The van der Waals surface area contributed by atoms with Crippen LogP contribution in [0.3, 0.4) is 0 Å². The molecule has 5 heteroatoms. The summed E-state index contributed by atoms with van der Waals surface area (Å²) in [7, 11) is 0. The first-order chi connectivity index (χ1) is 11.1. The average molecular weight is 391 g/mol. The molecule has 0 radical (unpaired) electrons. The van der Waals surface area contributed by atoms with Crippen molar-refractivity contribution in [3.05, 3.63) is 81.5 Å². The number of hydrogen-bond acceptors (Lipinski definition) is 2. The topological polar surface area (TPSA) is 42.2 Å². The van der Waals surface area contributed by atoms with Crippen molar-refractivity contribution in [2.24, 2.45) is 0 Å². The Labute approximate surface area is 147 Å². The van der Waals surface area contributed by atoms with E-state index in [9.17, 15) is 4.79 Å². The molecule has 2 aromatic carbocycles. The third kappa shape index (κ3) is 4.03. The SMILES string of the molecule is O=C(NCc1ccc(-c2ccc(Cl)cc2)o1)c1cccc(Br)c1. The molecule has 0 aliphatic carbocycles. The van der Waals surface area contributed by atoms with Crippen molar-refractivity contribution in [2.45, 2.75) is 6.54 Å². The summed E-state index contributed by atoms with van der Waals surface area (Å²) >= 11 is 9.23. The van der Waals surface area contributed by atoms with Crippen molar-refractivity contribution in [1.82, 2.24) is 5.32 Å². The van der Waals surface area contributed by atoms with Gasteiger partial charge in [-0.3, -0.25) is 4.79 Å². The molecular weight excluding hydrogens is 378 g/mol. The number of hydrogen-bond donors (Lipinski definition) is 1. The first-order valence-corrected chi connectivity index (χ1v) is 8.17. The van der Waals surface area contributed by atoms with Gasteiger partial charge in [0.2, 0.25) is 0 Å². The summed E-state index contributed by atoms with van der Waals surface area (Å²) in [6.07, 6.45) is 0. The van der Waals surface area contributed by atoms with Crippen LogP contribution in [0.5, 0.6) is 0 Å². The van der Waals surface area contributed by atoms with Crippen molar-refractivity contribution in [1.29, 1.82) is 0 Å². The minimum absolute atomic E-state index is 0.143. The highest BCUT2D eigenvalue weighted by Crippen LogP contribution is 2.23.